The van der Waals surface area contributed by atoms with Crippen molar-refractivity contribution in [2.75, 3.05) is 20.1 Å². The molecule has 6 heteroatoms. The molecule has 0 aliphatic carbocycles. The maximum absolute atomic E-state index is 11.9. The largest absolute Gasteiger partial charge is 0.345 e. The minimum atomic E-state index is 0. The lowest BCUT2D eigenvalue weighted by atomic mass is 10.1. The third kappa shape index (κ3) is 10.5. The minimum Gasteiger partial charge on any atom is -0.345 e. The number of carbonyl (C=O) groups is 1. The number of nitrogens with zero attached hydrogens (tertiary/aromatic N) is 2. The number of amides is 1. The molecule has 0 atom stereocenters. The summed E-state index contributed by atoms with van der Waals surface area (Å²) >= 11 is 0. The van der Waals surface area contributed by atoms with E-state index in [2.05, 4.69) is 4.98 Å². The molecule has 21 heavy (non-hydrogen) atoms. The van der Waals surface area contributed by atoms with Gasteiger partial charge >= 0.3 is 0 Å². The first-order valence-corrected chi connectivity index (χ1v) is 7.07. The highest BCUT2D eigenvalue weighted by molar-refractivity contribution is 5.85. The van der Waals surface area contributed by atoms with E-state index in [1.54, 1.807) is 12.4 Å². The minimum absolute atomic E-state index is 0. The molecule has 1 aromatic heterocycles. The van der Waals surface area contributed by atoms with Crippen LogP contribution < -0.4 is 5.73 Å². The Bertz CT molecular complexity index is 363. The third-order valence-electron chi connectivity index (χ3n) is 3.26. The van der Waals surface area contributed by atoms with Crippen LogP contribution in [0.3, 0.4) is 0 Å². The van der Waals surface area contributed by atoms with Crippen molar-refractivity contribution >= 4 is 30.7 Å². The second-order valence-corrected chi connectivity index (χ2v) is 4.87. The van der Waals surface area contributed by atoms with Crippen LogP contribution in [0.25, 0.3) is 0 Å². The van der Waals surface area contributed by atoms with Crippen LogP contribution in [-0.4, -0.2) is 35.9 Å². The van der Waals surface area contributed by atoms with Gasteiger partial charge in [-0.3, -0.25) is 9.78 Å². The third-order valence-corrected chi connectivity index (χ3v) is 3.26. The van der Waals surface area contributed by atoms with Gasteiger partial charge in [-0.1, -0.05) is 12.8 Å². The van der Waals surface area contributed by atoms with E-state index in [-0.39, 0.29) is 30.7 Å². The fraction of sp³-hybridized carbons (Fsp3) is 0.600. The smallest absolute Gasteiger partial charge is 0.222 e. The van der Waals surface area contributed by atoms with Crippen molar-refractivity contribution in [2.24, 2.45) is 5.73 Å². The molecule has 0 fully saturated rings. The predicted molar refractivity (Wildman–Crippen MR) is 92.2 cm³/mol. The van der Waals surface area contributed by atoms with Gasteiger partial charge in [0.1, 0.15) is 0 Å². The van der Waals surface area contributed by atoms with Gasteiger partial charge in [0.05, 0.1) is 0 Å². The molecule has 0 aromatic carbocycles. The second kappa shape index (κ2) is 14.1. The number of aromatic nitrogens is 1. The summed E-state index contributed by atoms with van der Waals surface area (Å²) in [7, 11) is 1.88. The van der Waals surface area contributed by atoms with Crippen LogP contribution in [-0.2, 0) is 11.2 Å². The lowest BCUT2D eigenvalue weighted by Gasteiger charge is -2.17. The van der Waals surface area contributed by atoms with Crippen LogP contribution in [0.1, 0.15) is 37.7 Å². The molecule has 1 aromatic rings. The first-order chi connectivity index (χ1) is 9.24. The lowest BCUT2D eigenvalue weighted by molar-refractivity contribution is -0.130. The standard InChI is InChI=1S/C15H25N3O.2ClH/c1-18(13-9-14-7-11-17-12-8-14)15(19)6-4-2-3-5-10-16;;/h7-8,11-12H,2-6,9-10,13,16H2,1H3;2*1H. The number of pyridine rings is 1. The molecule has 0 aliphatic heterocycles. The summed E-state index contributed by atoms with van der Waals surface area (Å²) < 4.78 is 0. The summed E-state index contributed by atoms with van der Waals surface area (Å²) in [5, 5.41) is 0. The predicted octanol–water partition coefficient (Wildman–Crippen LogP) is 2.84. The van der Waals surface area contributed by atoms with Gasteiger partial charge in [0.15, 0.2) is 0 Å². The molecule has 1 rings (SSSR count). The van der Waals surface area contributed by atoms with Crippen LogP contribution in [0.15, 0.2) is 24.5 Å². The van der Waals surface area contributed by atoms with Crippen molar-refractivity contribution in [1.29, 1.82) is 0 Å². The zero-order valence-electron chi connectivity index (χ0n) is 12.7. The van der Waals surface area contributed by atoms with E-state index in [9.17, 15) is 4.79 Å². The number of unbranched alkanes of at least 4 members (excludes halogenated alkanes) is 3. The van der Waals surface area contributed by atoms with E-state index in [0.717, 1.165) is 45.2 Å². The van der Waals surface area contributed by atoms with E-state index >= 15 is 0 Å². The molecule has 122 valence electrons. The van der Waals surface area contributed by atoms with Gasteiger partial charge in [-0.2, -0.15) is 0 Å². The van der Waals surface area contributed by atoms with Crippen LogP contribution in [0.2, 0.25) is 0 Å². The molecular formula is C15H27Cl2N3O. The zero-order chi connectivity index (χ0) is 13.9. The van der Waals surface area contributed by atoms with Gasteiger partial charge in [0, 0.05) is 32.4 Å². The van der Waals surface area contributed by atoms with Crippen LogP contribution >= 0.6 is 24.8 Å². The molecule has 4 nitrogen and oxygen atoms in total. The Kier molecular flexibility index (Phi) is 15.1. The summed E-state index contributed by atoms with van der Waals surface area (Å²) in [5.74, 6) is 0.238. The van der Waals surface area contributed by atoms with Crippen LogP contribution in [0, 0.1) is 0 Å². The van der Waals surface area contributed by atoms with Crippen LogP contribution in [0.5, 0.6) is 0 Å². The summed E-state index contributed by atoms with van der Waals surface area (Å²) in [5.41, 5.74) is 6.65. The molecule has 1 amide bonds. The van der Waals surface area contributed by atoms with E-state index in [0.29, 0.717) is 6.42 Å². The molecule has 0 bridgehead atoms. The van der Waals surface area contributed by atoms with Gasteiger partial charge in [0.2, 0.25) is 5.91 Å². The monoisotopic (exact) mass is 335 g/mol. The molecule has 0 saturated carbocycles. The first-order valence-electron chi connectivity index (χ1n) is 7.07. The Morgan fingerprint density at radius 1 is 1.14 bits per heavy atom. The van der Waals surface area contributed by atoms with Gasteiger partial charge in [-0.25, -0.2) is 0 Å². The van der Waals surface area contributed by atoms with E-state index in [1.807, 2.05) is 24.1 Å². The normalized spacial score (nSPS) is 9.43. The molecule has 0 unspecified atom stereocenters. The average molecular weight is 336 g/mol. The molecule has 0 saturated heterocycles. The zero-order valence-corrected chi connectivity index (χ0v) is 14.3. The second-order valence-electron chi connectivity index (χ2n) is 4.87. The van der Waals surface area contributed by atoms with Crippen molar-refractivity contribution in [3.63, 3.8) is 0 Å². The van der Waals surface area contributed by atoms with Gasteiger partial charge in [0.25, 0.3) is 0 Å². The van der Waals surface area contributed by atoms with Gasteiger partial charge in [-0.05, 0) is 43.5 Å². The molecule has 0 spiro atoms. The van der Waals surface area contributed by atoms with Gasteiger partial charge < -0.3 is 10.6 Å². The molecule has 2 N–H and O–H groups in total. The Balaban J connectivity index is 0. The average Bonchev–Trinajstić information content (AvgIpc) is 2.45. The Hall–Kier alpha value is -0.840. The lowest BCUT2D eigenvalue weighted by Crippen LogP contribution is -2.28. The van der Waals surface area contributed by atoms with Crippen molar-refractivity contribution in [2.45, 2.75) is 38.5 Å². The molecule has 0 radical (unpaired) electrons. The number of hydrogen-bond acceptors (Lipinski definition) is 3. The fourth-order valence-corrected chi connectivity index (χ4v) is 1.94. The first kappa shape index (κ1) is 22.4. The molecule has 0 aliphatic rings. The molecular weight excluding hydrogens is 309 g/mol. The van der Waals surface area contributed by atoms with Crippen molar-refractivity contribution in [3.8, 4) is 0 Å². The van der Waals surface area contributed by atoms with E-state index in [1.165, 1.54) is 5.56 Å². The highest BCUT2D eigenvalue weighted by atomic mass is 35.5. The maximum atomic E-state index is 11.9. The van der Waals surface area contributed by atoms with Gasteiger partial charge in [-0.15, -0.1) is 24.8 Å². The van der Waals surface area contributed by atoms with Crippen molar-refractivity contribution < 1.29 is 4.79 Å². The summed E-state index contributed by atoms with van der Waals surface area (Å²) in [6.45, 7) is 1.52. The van der Waals surface area contributed by atoms with Crippen LogP contribution in [0.4, 0.5) is 0 Å². The summed E-state index contributed by atoms with van der Waals surface area (Å²) in [6.07, 6.45) is 9.37. The maximum Gasteiger partial charge on any atom is 0.222 e. The highest BCUT2D eigenvalue weighted by Gasteiger charge is 2.07. The van der Waals surface area contributed by atoms with E-state index < -0.39 is 0 Å². The topological polar surface area (TPSA) is 59.2 Å². The number of likely N-dealkylation sites (N-methyl/N-ethyl adjacent to an activating group) is 1. The Morgan fingerprint density at radius 3 is 2.38 bits per heavy atom. The van der Waals surface area contributed by atoms with Crippen molar-refractivity contribution in [3.05, 3.63) is 30.1 Å². The number of rotatable bonds is 9. The Labute approximate surface area is 140 Å². The summed E-state index contributed by atoms with van der Waals surface area (Å²) in [4.78, 5) is 17.7. The number of nitrogens with two attached hydrogens (primary N) is 1. The quantitative estimate of drug-likeness (QED) is 0.706. The highest BCUT2D eigenvalue weighted by Crippen LogP contribution is 2.05. The Morgan fingerprint density at radius 2 is 1.76 bits per heavy atom. The fourth-order valence-electron chi connectivity index (χ4n) is 1.94. The summed E-state index contributed by atoms with van der Waals surface area (Å²) in [6, 6.07) is 3.98. The number of carbonyl (C=O) groups excluding carboxylic acids is 1. The van der Waals surface area contributed by atoms with Crippen molar-refractivity contribution in [1.82, 2.24) is 9.88 Å². The number of hydrogen-bond donors (Lipinski definition) is 1. The van der Waals surface area contributed by atoms with E-state index in [4.69, 9.17) is 5.73 Å². The number of halogens is 2. The SMILES string of the molecule is CN(CCc1ccncc1)C(=O)CCCCCCN.Cl.Cl. The molecule has 1 heterocycles.